The molecular formula is C30H41N5O4. The van der Waals surface area contributed by atoms with Crippen LogP contribution < -0.4 is 16.0 Å². The van der Waals surface area contributed by atoms with Crippen LogP contribution >= 0.6 is 0 Å². The Hall–Kier alpha value is -3.14. The lowest BCUT2D eigenvalue weighted by atomic mass is 9.95. The molecule has 1 amide bonds. The maximum Gasteiger partial charge on any atom is 0.251 e. The number of allylic oxidation sites excluding steroid dienone is 4. The molecule has 5 rings (SSSR count). The first kappa shape index (κ1) is 27.4. The number of aromatic nitrogens is 1. The second-order valence-electron chi connectivity index (χ2n) is 10.9. The Labute approximate surface area is 231 Å². The Morgan fingerprint density at radius 1 is 1.28 bits per heavy atom. The SMILES string of the molecule is COC1=CCC(CN(C[C@H](O)CNC(=O)c2ccnc(NC3CNC3)c2)C2CC3=C(CCC=C3)C2)C(OC)=C1. The smallest absolute Gasteiger partial charge is 0.251 e. The van der Waals surface area contributed by atoms with Crippen LogP contribution in [0.3, 0.4) is 0 Å². The van der Waals surface area contributed by atoms with Crippen molar-refractivity contribution in [1.29, 1.82) is 0 Å². The van der Waals surface area contributed by atoms with Crippen molar-refractivity contribution in [2.75, 3.05) is 52.3 Å². The number of amides is 1. The number of rotatable bonds is 12. The zero-order chi connectivity index (χ0) is 27.2. The molecule has 4 N–H and O–H groups in total. The minimum absolute atomic E-state index is 0.178. The van der Waals surface area contributed by atoms with Gasteiger partial charge in [0.15, 0.2) is 0 Å². The Morgan fingerprint density at radius 2 is 2.15 bits per heavy atom. The molecular weight excluding hydrogens is 494 g/mol. The van der Waals surface area contributed by atoms with E-state index in [0.717, 1.165) is 63.3 Å². The number of carbonyl (C=O) groups excluding carboxylic acids is 1. The molecule has 210 valence electrons. The molecule has 1 fully saturated rings. The summed E-state index contributed by atoms with van der Waals surface area (Å²) in [5, 5.41) is 20.5. The van der Waals surface area contributed by atoms with Gasteiger partial charge in [0.25, 0.3) is 5.91 Å². The van der Waals surface area contributed by atoms with Gasteiger partial charge in [-0.1, -0.05) is 17.7 Å². The third-order valence-corrected chi connectivity index (χ3v) is 8.16. The quantitative estimate of drug-likeness (QED) is 0.324. The van der Waals surface area contributed by atoms with Gasteiger partial charge in [-0.3, -0.25) is 9.69 Å². The van der Waals surface area contributed by atoms with Gasteiger partial charge in [0.2, 0.25) is 0 Å². The highest BCUT2D eigenvalue weighted by Gasteiger charge is 2.32. The number of carbonyl (C=O) groups is 1. The van der Waals surface area contributed by atoms with E-state index in [0.29, 0.717) is 30.0 Å². The van der Waals surface area contributed by atoms with E-state index in [4.69, 9.17) is 9.47 Å². The van der Waals surface area contributed by atoms with Crippen LogP contribution in [0.5, 0.6) is 0 Å². The van der Waals surface area contributed by atoms with Gasteiger partial charge in [-0.2, -0.15) is 0 Å². The van der Waals surface area contributed by atoms with E-state index in [2.05, 4.69) is 44.1 Å². The van der Waals surface area contributed by atoms with Crippen LogP contribution in [0, 0.1) is 5.92 Å². The lowest BCUT2D eigenvalue weighted by Gasteiger charge is -2.35. The Kier molecular flexibility index (Phi) is 9.01. The molecule has 3 aliphatic carbocycles. The number of aliphatic hydroxyl groups is 1. The normalized spacial score (nSPS) is 23.5. The van der Waals surface area contributed by atoms with Crippen LogP contribution in [-0.4, -0.2) is 86.0 Å². The molecule has 0 aromatic carbocycles. The lowest BCUT2D eigenvalue weighted by molar-refractivity contribution is 0.0681. The lowest BCUT2D eigenvalue weighted by Crippen LogP contribution is -2.51. The number of anilines is 1. The van der Waals surface area contributed by atoms with Gasteiger partial charge in [0, 0.05) is 62.5 Å². The summed E-state index contributed by atoms with van der Waals surface area (Å²) in [6, 6.07) is 4.12. The van der Waals surface area contributed by atoms with Gasteiger partial charge in [-0.15, -0.1) is 0 Å². The molecule has 0 bridgehead atoms. The zero-order valence-electron chi connectivity index (χ0n) is 23.0. The minimum atomic E-state index is -0.703. The van der Waals surface area contributed by atoms with Gasteiger partial charge < -0.3 is 30.5 Å². The Bertz CT molecular complexity index is 1160. The van der Waals surface area contributed by atoms with Crippen molar-refractivity contribution < 1.29 is 19.4 Å². The number of hydrogen-bond acceptors (Lipinski definition) is 8. The highest BCUT2D eigenvalue weighted by molar-refractivity contribution is 5.94. The van der Waals surface area contributed by atoms with Crippen molar-refractivity contribution in [1.82, 2.24) is 20.5 Å². The molecule has 1 saturated heterocycles. The van der Waals surface area contributed by atoms with Gasteiger partial charge in [-0.05, 0) is 55.9 Å². The van der Waals surface area contributed by atoms with Crippen LogP contribution in [0.25, 0.3) is 0 Å². The molecule has 0 spiro atoms. The average Bonchev–Trinajstić information content (AvgIpc) is 3.38. The number of nitrogens with one attached hydrogen (secondary N) is 3. The third-order valence-electron chi connectivity index (χ3n) is 8.16. The number of aliphatic hydroxyl groups excluding tert-OH is 1. The van der Waals surface area contributed by atoms with Crippen LogP contribution in [-0.2, 0) is 9.47 Å². The molecule has 39 heavy (non-hydrogen) atoms. The van der Waals surface area contributed by atoms with E-state index in [-0.39, 0.29) is 18.4 Å². The molecule has 0 radical (unpaired) electrons. The fourth-order valence-corrected chi connectivity index (χ4v) is 5.85. The van der Waals surface area contributed by atoms with E-state index in [1.54, 1.807) is 38.1 Å². The molecule has 1 aromatic heterocycles. The summed E-state index contributed by atoms with van der Waals surface area (Å²) in [6.45, 7) is 3.20. The zero-order valence-corrected chi connectivity index (χ0v) is 23.0. The van der Waals surface area contributed by atoms with E-state index in [9.17, 15) is 9.90 Å². The van der Waals surface area contributed by atoms with Gasteiger partial charge >= 0.3 is 0 Å². The Morgan fingerprint density at radius 3 is 2.90 bits per heavy atom. The van der Waals surface area contributed by atoms with E-state index in [1.807, 2.05) is 6.08 Å². The molecule has 3 atom stereocenters. The molecule has 1 aliphatic heterocycles. The van der Waals surface area contributed by atoms with Crippen LogP contribution in [0.4, 0.5) is 5.82 Å². The second-order valence-corrected chi connectivity index (χ2v) is 10.9. The van der Waals surface area contributed by atoms with Crippen molar-refractivity contribution in [3.63, 3.8) is 0 Å². The highest BCUT2D eigenvalue weighted by atomic mass is 16.5. The van der Waals surface area contributed by atoms with Crippen molar-refractivity contribution in [2.45, 2.75) is 50.3 Å². The first-order valence-electron chi connectivity index (χ1n) is 14.0. The molecule has 2 unspecified atom stereocenters. The fraction of sp³-hybridized carbons (Fsp3) is 0.533. The van der Waals surface area contributed by atoms with E-state index in [1.165, 1.54) is 5.57 Å². The van der Waals surface area contributed by atoms with Crippen molar-refractivity contribution in [2.24, 2.45) is 5.92 Å². The highest BCUT2D eigenvalue weighted by Crippen LogP contribution is 2.37. The fourth-order valence-electron chi connectivity index (χ4n) is 5.85. The third kappa shape index (κ3) is 6.90. The van der Waals surface area contributed by atoms with Gasteiger partial charge in [0.1, 0.15) is 17.3 Å². The molecule has 0 saturated carbocycles. The van der Waals surface area contributed by atoms with E-state index < -0.39 is 6.10 Å². The van der Waals surface area contributed by atoms with Crippen LogP contribution in [0.2, 0.25) is 0 Å². The first-order valence-corrected chi connectivity index (χ1v) is 14.0. The van der Waals surface area contributed by atoms with Crippen LogP contribution in [0.15, 0.2) is 65.3 Å². The number of nitrogens with zero attached hydrogens (tertiary/aromatic N) is 2. The maximum atomic E-state index is 12.9. The van der Waals surface area contributed by atoms with Crippen LogP contribution in [0.1, 0.15) is 42.5 Å². The summed E-state index contributed by atoms with van der Waals surface area (Å²) < 4.78 is 11.1. The standard InChI is InChI=1S/C30H41N5O4/c1-38-27-8-7-23(28(14-27)39-2)18-35(25-11-20-5-3-4-6-21(20)12-25)19-26(36)17-33-30(37)22-9-10-32-29(13-22)34-24-15-31-16-24/h3,5,8-10,13-14,23-26,31,36H,4,6-7,11-12,15-19H2,1-2H3,(H,32,34)(H,33,37)/t23?,25?,26-/m1/s1. The predicted octanol–water partition coefficient (Wildman–Crippen LogP) is 2.75. The average molecular weight is 536 g/mol. The predicted molar refractivity (Wildman–Crippen MR) is 151 cm³/mol. The first-order chi connectivity index (χ1) is 19.0. The van der Waals surface area contributed by atoms with Crippen molar-refractivity contribution in [3.05, 3.63) is 70.9 Å². The number of hydrogen-bond donors (Lipinski definition) is 4. The van der Waals surface area contributed by atoms with Gasteiger partial charge in [0.05, 0.1) is 26.4 Å². The number of methoxy groups -OCH3 is 2. The largest absolute Gasteiger partial charge is 0.501 e. The Balaban J connectivity index is 1.20. The minimum Gasteiger partial charge on any atom is -0.501 e. The molecule has 9 heteroatoms. The van der Waals surface area contributed by atoms with Gasteiger partial charge in [-0.25, -0.2) is 4.98 Å². The summed E-state index contributed by atoms with van der Waals surface area (Å²) in [4.78, 5) is 19.6. The van der Waals surface area contributed by atoms with Crippen molar-refractivity contribution >= 4 is 11.7 Å². The second kappa shape index (κ2) is 12.8. The number of ether oxygens (including phenoxy) is 2. The monoisotopic (exact) mass is 535 g/mol. The summed E-state index contributed by atoms with van der Waals surface area (Å²) in [6.07, 6.45) is 14.6. The van der Waals surface area contributed by atoms with E-state index >= 15 is 0 Å². The molecule has 2 heterocycles. The molecule has 9 nitrogen and oxygen atoms in total. The summed E-state index contributed by atoms with van der Waals surface area (Å²) in [5.74, 6) is 2.37. The number of pyridine rings is 1. The molecule has 1 aromatic rings. The summed E-state index contributed by atoms with van der Waals surface area (Å²) >= 11 is 0. The topological polar surface area (TPSA) is 108 Å². The maximum absolute atomic E-state index is 12.9. The molecule has 4 aliphatic rings. The summed E-state index contributed by atoms with van der Waals surface area (Å²) in [7, 11) is 3.38. The van der Waals surface area contributed by atoms with Crippen molar-refractivity contribution in [3.8, 4) is 0 Å². The summed E-state index contributed by atoms with van der Waals surface area (Å²) in [5.41, 5.74) is 3.52.